The van der Waals surface area contributed by atoms with Crippen LogP contribution in [-0.2, 0) is 9.53 Å². The molecule has 0 spiro atoms. The first-order valence-electron chi connectivity index (χ1n) is 3.90. The van der Waals surface area contributed by atoms with Crippen molar-refractivity contribution in [2.45, 2.75) is 34.1 Å². The van der Waals surface area contributed by atoms with Crippen molar-refractivity contribution in [3.8, 4) is 0 Å². The van der Waals surface area contributed by atoms with Gasteiger partial charge in [-0.2, -0.15) is 0 Å². The molecule has 64 valence electrons. The Labute approximate surface area is 68.2 Å². The lowest BCUT2D eigenvalue weighted by molar-refractivity contribution is -0.139. The smallest absolute Gasteiger partial charge is 0.333 e. The predicted octanol–water partition coefficient (Wildman–Crippen LogP) is 2.30. The third-order valence-corrected chi connectivity index (χ3v) is 1.49. The van der Waals surface area contributed by atoms with Crippen molar-refractivity contribution < 1.29 is 9.53 Å². The van der Waals surface area contributed by atoms with Gasteiger partial charge in [-0.05, 0) is 27.2 Å². The maximum absolute atomic E-state index is 11.1. The van der Waals surface area contributed by atoms with Gasteiger partial charge in [-0.1, -0.05) is 12.5 Å². The Bertz CT molecular complexity index is 164. The van der Waals surface area contributed by atoms with Crippen molar-refractivity contribution >= 4 is 5.97 Å². The van der Waals surface area contributed by atoms with Crippen LogP contribution >= 0.6 is 0 Å². The molecular formula is C9H16O2. The van der Waals surface area contributed by atoms with E-state index in [0.717, 1.165) is 17.6 Å². The molecule has 2 heteroatoms. The van der Waals surface area contributed by atoms with Crippen LogP contribution in [0.2, 0.25) is 0 Å². The molecule has 0 aliphatic carbocycles. The maximum atomic E-state index is 11.1. The van der Waals surface area contributed by atoms with Crippen molar-refractivity contribution in [2.75, 3.05) is 6.61 Å². The van der Waals surface area contributed by atoms with Crippen LogP contribution in [0.5, 0.6) is 0 Å². The SMILES string of the molecule is CCCOC(=O)C(C)=C(C)C. The van der Waals surface area contributed by atoms with Crippen molar-refractivity contribution in [2.24, 2.45) is 0 Å². The van der Waals surface area contributed by atoms with Gasteiger partial charge in [-0.15, -0.1) is 0 Å². The summed E-state index contributed by atoms with van der Waals surface area (Å²) in [6.45, 7) is 8.09. The second-order valence-corrected chi connectivity index (χ2v) is 2.76. The molecule has 0 aliphatic rings. The molecule has 0 saturated carbocycles. The van der Waals surface area contributed by atoms with Crippen LogP contribution in [0, 0.1) is 0 Å². The Morgan fingerprint density at radius 1 is 1.27 bits per heavy atom. The van der Waals surface area contributed by atoms with Gasteiger partial charge in [0.2, 0.25) is 0 Å². The first kappa shape index (κ1) is 10.2. The van der Waals surface area contributed by atoms with Crippen LogP contribution in [0.1, 0.15) is 34.1 Å². The number of ether oxygens (including phenoxy) is 1. The maximum Gasteiger partial charge on any atom is 0.333 e. The minimum absolute atomic E-state index is 0.188. The molecule has 0 fully saturated rings. The monoisotopic (exact) mass is 156 g/mol. The molecule has 0 rings (SSSR count). The highest BCUT2D eigenvalue weighted by Crippen LogP contribution is 2.03. The molecular weight excluding hydrogens is 140 g/mol. The molecule has 0 amide bonds. The van der Waals surface area contributed by atoms with E-state index >= 15 is 0 Å². The summed E-state index contributed by atoms with van der Waals surface area (Å²) in [5.41, 5.74) is 1.74. The van der Waals surface area contributed by atoms with Crippen LogP contribution < -0.4 is 0 Å². The first-order valence-corrected chi connectivity index (χ1v) is 3.90. The second kappa shape index (κ2) is 4.94. The highest BCUT2D eigenvalue weighted by Gasteiger charge is 2.05. The van der Waals surface area contributed by atoms with Crippen LogP contribution in [0.3, 0.4) is 0 Å². The zero-order valence-corrected chi connectivity index (χ0v) is 7.73. The number of carbonyl (C=O) groups excluding carboxylic acids is 1. The summed E-state index contributed by atoms with van der Waals surface area (Å²) in [4.78, 5) is 11.1. The molecule has 11 heavy (non-hydrogen) atoms. The standard InChI is InChI=1S/C9H16O2/c1-5-6-11-9(10)8(4)7(2)3/h5-6H2,1-4H3. The summed E-state index contributed by atoms with van der Waals surface area (Å²) in [6, 6.07) is 0. The lowest BCUT2D eigenvalue weighted by Gasteiger charge is -2.03. The number of carbonyl (C=O) groups is 1. The van der Waals surface area contributed by atoms with E-state index < -0.39 is 0 Å². The summed E-state index contributed by atoms with van der Waals surface area (Å²) in [5.74, 6) is -0.188. The minimum Gasteiger partial charge on any atom is -0.462 e. The Balaban J connectivity index is 3.95. The van der Waals surface area contributed by atoms with E-state index in [0.29, 0.717) is 6.61 Å². The Kier molecular flexibility index (Phi) is 4.59. The van der Waals surface area contributed by atoms with Gasteiger partial charge in [0.25, 0.3) is 0 Å². The fourth-order valence-corrected chi connectivity index (χ4v) is 0.507. The van der Waals surface area contributed by atoms with Gasteiger partial charge in [-0.25, -0.2) is 4.79 Å². The predicted molar refractivity (Wildman–Crippen MR) is 45.3 cm³/mol. The fourth-order valence-electron chi connectivity index (χ4n) is 0.507. The molecule has 0 aromatic carbocycles. The van der Waals surface area contributed by atoms with E-state index in [9.17, 15) is 4.79 Å². The zero-order chi connectivity index (χ0) is 8.85. The molecule has 0 heterocycles. The van der Waals surface area contributed by atoms with Crippen molar-refractivity contribution in [1.29, 1.82) is 0 Å². The Hall–Kier alpha value is -0.790. The molecule has 0 radical (unpaired) electrons. The number of rotatable bonds is 3. The van der Waals surface area contributed by atoms with Crippen LogP contribution in [0.4, 0.5) is 0 Å². The average molecular weight is 156 g/mol. The fraction of sp³-hybridized carbons (Fsp3) is 0.667. The number of allylic oxidation sites excluding steroid dienone is 1. The Morgan fingerprint density at radius 3 is 2.18 bits per heavy atom. The first-order chi connectivity index (χ1) is 5.09. The number of esters is 1. The normalized spacial score (nSPS) is 9.09. The zero-order valence-electron chi connectivity index (χ0n) is 7.73. The molecule has 0 aliphatic heterocycles. The molecule has 2 nitrogen and oxygen atoms in total. The van der Waals surface area contributed by atoms with E-state index in [1.54, 1.807) is 6.92 Å². The minimum atomic E-state index is -0.188. The van der Waals surface area contributed by atoms with Gasteiger partial charge < -0.3 is 4.74 Å². The van der Waals surface area contributed by atoms with Gasteiger partial charge in [0.15, 0.2) is 0 Å². The van der Waals surface area contributed by atoms with E-state index in [1.165, 1.54) is 0 Å². The topological polar surface area (TPSA) is 26.3 Å². The van der Waals surface area contributed by atoms with Crippen molar-refractivity contribution in [3.05, 3.63) is 11.1 Å². The van der Waals surface area contributed by atoms with Crippen LogP contribution in [0.25, 0.3) is 0 Å². The van der Waals surface area contributed by atoms with Gasteiger partial charge in [0, 0.05) is 5.57 Å². The lowest BCUT2D eigenvalue weighted by atomic mass is 10.2. The molecule has 0 saturated heterocycles. The summed E-state index contributed by atoms with van der Waals surface area (Å²) in [5, 5.41) is 0. The molecule has 0 aromatic rings. The van der Waals surface area contributed by atoms with Crippen molar-refractivity contribution in [1.82, 2.24) is 0 Å². The van der Waals surface area contributed by atoms with E-state index in [1.807, 2.05) is 20.8 Å². The van der Waals surface area contributed by atoms with Crippen LogP contribution in [0.15, 0.2) is 11.1 Å². The molecule has 0 unspecified atom stereocenters. The summed E-state index contributed by atoms with van der Waals surface area (Å²) in [7, 11) is 0. The van der Waals surface area contributed by atoms with Gasteiger partial charge in [0.1, 0.15) is 0 Å². The molecule has 0 aromatic heterocycles. The van der Waals surface area contributed by atoms with Crippen molar-refractivity contribution in [3.63, 3.8) is 0 Å². The lowest BCUT2D eigenvalue weighted by Crippen LogP contribution is -2.07. The largest absolute Gasteiger partial charge is 0.462 e. The van der Waals surface area contributed by atoms with Gasteiger partial charge in [0.05, 0.1) is 6.61 Å². The highest BCUT2D eigenvalue weighted by molar-refractivity contribution is 5.88. The highest BCUT2D eigenvalue weighted by atomic mass is 16.5. The van der Waals surface area contributed by atoms with E-state index in [2.05, 4.69) is 0 Å². The molecule has 0 atom stereocenters. The summed E-state index contributed by atoms with van der Waals surface area (Å²) < 4.78 is 4.92. The van der Waals surface area contributed by atoms with Gasteiger partial charge >= 0.3 is 5.97 Å². The molecule has 0 bridgehead atoms. The van der Waals surface area contributed by atoms with Crippen LogP contribution in [-0.4, -0.2) is 12.6 Å². The Morgan fingerprint density at radius 2 is 1.82 bits per heavy atom. The summed E-state index contributed by atoms with van der Waals surface area (Å²) >= 11 is 0. The third kappa shape index (κ3) is 3.81. The number of hydrogen-bond donors (Lipinski definition) is 0. The average Bonchev–Trinajstić information content (AvgIpc) is 1.98. The van der Waals surface area contributed by atoms with E-state index in [4.69, 9.17) is 4.74 Å². The van der Waals surface area contributed by atoms with E-state index in [-0.39, 0.29) is 5.97 Å². The van der Waals surface area contributed by atoms with Gasteiger partial charge in [-0.3, -0.25) is 0 Å². The molecule has 0 N–H and O–H groups in total. The summed E-state index contributed by atoms with van der Waals surface area (Å²) in [6.07, 6.45) is 0.877. The quantitative estimate of drug-likeness (QED) is 0.463. The number of hydrogen-bond acceptors (Lipinski definition) is 2. The second-order valence-electron chi connectivity index (χ2n) is 2.76. The third-order valence-electron chi connectivity index (χ3n) is 1.49.